The zero-order valence-electron chi connectivity index (χ0n) is 11.6. The molecule has 1 unspecified atom stereocenters. The first-order valence-electron chi connectivity index (χ1n) is 6.96. The van der Waals surface area contributed by atoms with E-state index in [0.717, 1.165) is 12.5 Å². The maximum Gasteiger partial charge on any atom is 0.0164 e. The summed E-state index contributed by atoms with van der Waals surface area (Å²) in [7, 11) is 0. The zero-order valence-corrected chi connectivity index (χ0v) is 11.6. The van der Waals surface area contributed by atoms with E-state index < -0.39 is 0 Å². The molecule has 2 heteroatoms. The quantitative estimate of drug-likeness (QED) is 0.727. The number of nitrogens with one attached hydrogen (secondary N) is 2. The summed E-state index contributed by atoms with van der Waals surface area (Å²) >= 11 is 0. The van der Waals surface area contributed by atoms with Crippen LogP contribution in [0.3, 0.4) is 0 Å². The molecule has 2 N–H and O–H groups in total. The summed E-state index contributed by atoms with van der Waals surface area (Å²) in [6.07, 6.45) is 7.24. The van der Waals surface area contributed by atoms with Gasteiger partial charge in [0.05, 0.1) is 0 Å². The van der Waals surface area contributed by atoms with Gasteiger partial charge in [0.2, 0.25) is 0 Å². The molecule has 1 saturated carbocycles. The normalized spacial score (nSPS) is 20.2. The van der Waals surface area contributed by atoms with E-state index in [1.54, 1.807) is 0 Å². The molecular formula is C14H30N2. The summed E-state index contributed by atoms with van der Waals surface area (Å²) in [5.41, 5.74) is 0.237. The molecule has 0 aromatic carbocycles. The van der Waals surface area contributed by atoms with Crippen molar-refractivity contribution in [3.63, 3.8) is 0 Å². The molecule has 1 aliphatic carbocycles. The van der Waals surface area contributed by atoms with Gasteiger partial charge in [0.25, 0.3) is 0 Å². The molecule has 2 nitrogen and oxygen atoms in total. The molecule has 1 rings (SSSR count). The van der Waals surface area contributed by atoms with Gasteiger partial charge in [-0.25, -0.2) is 0 Å². The second-order valence-electron chi connectivity index (χ2n) is 6.43. The fraction of sp³-hybridized carbons (Fsp3) is 1.00. The van der Waals surface area contributed by atoms with Gasteiger partial charge < -0.3 is 10.6 Å². The molecule has 1 atom stereocenters. The first-order valence-corrected chi connectivity index (χ1v) is 6.96. The molecule has 1 fully saturated rings. The van der Waals surface area contributed by atoms with Crippen molar-refractivity contribution in [1.82, 2.24) is 10.6 Å². The molecule has 0 bridgehead atoms. The lowest BCUT2D eigenvalue weighted by atomic mass is 10.0. The van der Waals surface area contributed by atoms with Gasteiger partial charge in [-0.05, 0) is 46.6 Å². The number of hydrogen-bond acceptors (Lipinski definition) is 2. The van der Waals surface area contributed by atoms with E-state index >= 15 is 0 Å². The van der Waals surface area contributed by atoms with E-state index in [-0.39, 0.29) is 5.54 Å². The largest absolute Gasteiger partial charge is 0.313 e. The predicted molar refractivity (Wildman–Crippen MR) is 71.8 cm³/mol. The summed E-state index contributed by atoms with van der Waals surface area (Å²) in [5, 5.41) is 7.16. The third kappa shape index (κ3) is 6.49. The van der Waals surface area contributed by atoms with E-state index in [1.165, 1.54) is 38.6 Å². The fourth-order valence-electron chi connectivity index (χ4n) is 2.36. The summed E-state index contributed by atoms with van der Waals surface area (Å²) in [4.78, 5) is 0. The van der Waals surface area contributed by atoms with Crippen LogP contribution in [0, 0.1) is 5.92 Å². The Balaban J connectivity index is 1.99. The average molecular weight is 226 g/mol. The Morgan fingerprint density at radius 3 is 2.38 bits per heavy atom. The Labute approximate surface area is 102 Å². The summed E-state index contributed by atoms with van der Waals surface area (Å²) in [6, 6.07) is 0.584. The van der Waals surface area contributed by atoms with Crippen molar-refractivity contribution in [3.8, 4) is 0 Å². The van der Waals surface area contributed by atoms with Crippen molar-refractivity contribution in [2.45, 2.75) is 71.4 Å². The van der Waals surface area contributed by atoms with Gasteiger partial charge in [-0.2, -0.15) is 0 Å². The topological polar surface area (TPSA) is 24.1 Å². The third-order valence-electron chi connectivity index (χ3n) is 3.46. The van der Waals surface area contributed by atoms with Gasteiger partial charge in [-0.1, -0.05) is 25.7 Å². The van der Waals surface area contributed by atoms with Gasteiger partial charge >= 0.3 is 0 Å². The summed E-state index contributed by atoms with van der Waals surface area (Å²) in [6.45, 7) is 11.2. The van der Waals surface area contributed by atoms with Crippen LogP contribution in [0.5, 0.6) is 0 Å². The maximum atomic E-state index is 3.62. The molecule has 0 aromatic rings. The van der Waals surface area contributed by atoms with Crippen molar-refractivity contribution in [3.05, 3.63) is 0 Å². The molecule has 0 spiro atoms. The first-order chi connectivity index (χ1) is 7.47. The van der Waals surface area contributed by atoms with Crippen LogP contribution >= 0.6 is 0 Å². The third-order valence-corrected chi connectivity index (χ3v) is 3.46. The standard InChI is InChI=1S/C14H30N2/c1-12(11-16-14(2,3)4)15-10-9-13-7-5-6-8-13/h12-13,15-16H,5-11H2,1-4H3. The zero-order chi connectivity index (χ0) is 12.0. The Hall–Kier alpha value is -0.0800. The molecule has 16 heavy (non-hydrogen) atoms. The highest BCUT2D eigenvalue weighted by molar-refractivity contribution is 4.75. The molecule has 0 heterocycles. The van der Waals surface area contributed by atoms with Crippen LogP contribution in [0.2, 0.25) is 0 Å². The van der Waals surface area contributed by atoms with Crippen LogP contribution in [0.1, 0.15) is 59.8 Å². The highest BCUT2D eigenvalue weighted by Gasteiger charge is 2.15. The van der Waals surface area contributed by atoms with Gasteiger partial charge in [0.15, 0.2) is 0 Å². The van der Waals surface area contributed by atoms with Crippen LogP contribution < -0.4 is 10.6 Å². The second-order valence-corrected chi connectivity index (χ2v) is 6.43. The monoisotopic (exact) mass is 226 g/mol. The number of rotatable bonds is 6. The molecular weight excluding hydrogens is 196 g/mol. The van der Waals surface area contributed by atoms with Gasteiger partial charge in [-0.3, -0.25) is 0 Å². The molecule has 0 aromatic heterocycles. The van der Waals surface area contributed by atoms with Crippen molar-refractivity contribution in [1.29, 1.82) is 0 Å². The van der Waals surface area contributed by atoms with Gasteiger partial charge in [0, 0.05) is 18.1 Å². The summed E-state index contributed by atoms with van der Waals surface area (Å²) in [5.74, 6) is 1.01. The minimum atomic E-state index is 0.237. The molecule has 0 amide bonds. The van der Waals surface area contributed by atoms with Crippen molar-refractivity contribution >= 4 is 0 Å². The highest BCUT2D eigenvalue weighted by Crippen LogP contribution is 2.26. The minimum Gasteiger partial charge on any atom is -0.313 e. The Bertz CT molecular complexity index is 178. The van der Waals surface area contributed by atoms with Crippen molar-refractivity contribution in [2.75, 3.05) is 13.1 Å². The summed E-state index contributed by atoms with van der Waals surface area (Å²) < 4.78 is 0. The molecule has 96 valence electrons. The number of hydrogen-bond donors (Lipinski definition) is 2. The van der Waals surface area contributed by atoms with Crippen LogP contribution in [0.4, 0.5) is 0 Å². The van der Waals surface area contributed by atoms with Crippen molar-refractivity contribution < 1.29 is 0 Å². The van der Waals surface area contributed by atoms with Gasteiger partial charge in [0.1, 0.15) is 0 Å². The molecule has 1 aliphatic rings. The highest BCUT2D eigenvalue weighted by atomic mass is 15.0. The van der Waals surface area contributed by atoms with E-state index in [2.05, 4.69) is 38.3 Å². The first kappa shape index (κ1) is 14.0. The Morgan fingerprint density at radius 2 is 1.81 bits per heavy atom. The van der Waals surface area contributed by atoms with Gasteiger partial charge in [-0.15, -0.1) is 0 Å². The van der Waals surface area contributed by atoms with E-state index in [4.69, 9.17) is 0 Å². The predicted octanol–water partition coefficient (Wildman–Crippen LogP) is 2.93. The van der Waals surface area contributed by atoms with E-state index in [1.807, 2.05) is 0 Å². The van der Waals surface area contributed by atoms with Crippen LogP contribution in [-0.4, -0.2) is 24.7 Å². The molecule has 0 aliphatic heterocycles. The smallest absolute Gasteiger partial charge is 0.0164 e. The lowest BCUT2D eigenvalue weighted by Crippen LogP contribution is -2.44. The van der Waals surface area contributed by atoms with Crippen LogP contribution in [-0.2, 0) is 0 Å². The Morgan fingerprint density at radius 1 is 1.19 bits per heavy atom. The second kappa shape index (κ2) is 6.61. The lowest BCUT2D eigenvalue weighted by Gasteiger charge is -2.24. The minimum absolute atomic E-state index is 0.237. The molecule has 0 saturated heterocycles. The Kier molecular flexibility index (Phi) is 5.77. The van der Waals surface area contributed by atoms with Crippen molar-refractivity contribution in [2.24, 2.45) is 5.92 Å². The maximum absolute atomic E-state index is 3.62. The van der Waals surface area contributed by atoms with E-state index in [9.17, 15) is 0 Å². The van der Waals surface area contributed by atoms with Crippen LogP contribution in [0.15, 0.2) is 0 Å². The average Bonchev–Trinajstić information content (AvgIpc) is 2.66. The van der Waals surface area contributed by atoms with Crippen LogP contribution in [0.25, 0.3) is 0 Å². The fourth-order valence-corrected chi connectivity index (χ4v) is 2.36. The lowest BCUT2D eigenvalue weighted by molar-refractivity contribution is 0.377. The SMILES string of the molecule is CC(CNC(C)(C)C)NCCC1CCCC1. The van der Waals surface area contributed by atoms with E-state index in [0.29, 0.717) is 6.04 Å². The molecule has 0 radical (unpaired) electrons.